The number of alkyl halides is 4. The number of fused-ring (bicyclic) bond motifs is 1. The van der Waals surface area contributed by atoms with Crippen molar-refractivity contribution in [2.45, 2.75) is 57.7 Å². The van der Waals surface area contributed by atoms with Crippen molar-refractivity contribution in [3.63, 3.8) is 0 Å². The van der Waals surface area contributed by atoms with Crippen molar-refractivity contribution in [1.29, 1.82) is 0 Å². The number of ether oxygens (including phenoxy) is 1. The molecule has 1 aliphatic heterocycles. The maximum Gasteiger partial charge on any atom is 0.410 e. The Kier molecular flexibility index (Phi) is 6.45. The number of halogens is 5. The van der Waals surface area contributed by atoms with Crippen molar-refractivity contribution in [3.05, 3.63) is 28.0 Å². The molecule has 0 aliphatic carbocycles. The summed E-state index contributed by atoms with van der Waals surface area (Å²) in [5.74, 6) is 0. The summed E-state index contributed by atoms with van der Waals surface area (Å²) < 4.78 is 60.6. The summed E-state index contributed by atoms with van der Waals surface area (Å²) in [5, 5.41) is 3.74. The van der Waals surface area contributed by atoms with Crippen LogP contribution in [0.5, 0.6) is 0 Å². The number of carbonyl (C=O) groups excluding carboxylic acids is 1. The van der Waals surface area contributed by atoms with Crippen LogP contribution in [0.4, 0.5) is 28.0 Å². The molecule has 0 radical (unpaired) electrons. The Morgan fingerprint density at radius 2 is 2.00 bits per heavy atom. The zero-order chi connectivity index (χ0) is 22.3. The first-order valence-electron chi connectivity index (χ1n) is 9.56. The Hall–Kier alpha value is -1.72. The van der Waals surface area contributed by atoms with Gasteiger partial charge >= 0.3 is 12.3 Å². The number of nitrogens with one attached hydrogen (secondary N) is 1. The highest BCUT2D eigenvalue weighted by Crippen LogP contribution is 2.31. The third-order valence-electron chi connectivity index (χ3n) is 4.74. The molecular formula is C20H24F4IN3O2. The maximum absolute atomic E-state index is 14.8. The SMILES string of the molecule is CC(C)(C)OC(=O)N1CCC(Nc2cc(I)cc3c2ccn3CC(F)(F)F)C(F)C1. The number of carbonyl (C=O) groups is 1. The molecule has 30 heavy (non-hydrogen) atoms. The van der Waals surface area contributed by atoms with E-state index in [2.05, 4.69) is 5.32 Å². The van der Waals surface area contributed by atoms with Gasteiger partial charge in [0.15, 0.2) is 0 Å². The Morgan fingerprint density at radius 3 is 2.60 bits per heavy atom. The first-order valence-corrected chi connectivity index (χ1v) is 10.6. The molecule has 0 bridgehead atoms. The summed E-state index contributed by atoms with van der Waals surface area (Å²) in [7, 11) is 0. The molecule has 10 heteroatoms. The fraction of sp³-hybridized carbons (Fsp3) is 0.550. The van der Waals surface area contributed by atoms with E-state index in [1.54, 1.807) is 39.0 Å². The quantitative estimate of drug-likeness (QED) is 0.409. The van der Waals surface area contributed by atoms with Gasteiger partial charge in [-0.3, -0.25) is 0 Å². The van der Waals surface area contributed by atoms with Crippen molar-refractivity contribution >= 4 is 45.3 Å². The van der Waals surface area contributed by atoms with Crippen LogP contribution in [-0.4, -0.2) is 52.6 Å². The molecule has 3 rings (SSSR count). The Bertz CT molecular complexity index is 923. The highest BCUT2D eigenvalue weighted by Gasteiger charge is 2.34. The van der Waals surface area contributed by atoms with E-state index in [1.165, 1.54) is 11.1 Å². The van der Waals surface area contributed by atoms with E-state index in [-0.39, 0.29) is 6.54 Å². The molecule has 2 aromatic rings. The van der Waals surface area contributed by atoms with Gasteiger partial charge < -0.3 is 19.5 Å². The molecule has 0 saturated carbocycles. The number of aromatic nitrogens is 1. The molecule has 1 fully saturated rings. The Labute approximate surface area is 185 Å². The van der Waals surface area contributed by atoms with Gasteiger partial charge in [-0.25, -0.2) is 9.18 Å². The van der Waals surface area contributed by atoms with Crippen molar-refractivity contribution in [1.82, 2.24) is 9.47 Å². The van der Waals surface area contributed by atoms with Gasteiger partial charge in [-0.15, -0.1) is 0 Å². The monoisotopic (exact) mass is 541 g/mol. The van der Waals surface area contributed by atoms with Gasteiger partial charge in [0.05, 0.1) is 18.1 Å². The average molecular weight is 541 g/mol. The lowest BCUT2D eigenvalue weighted by Gasteiger charge is -2.36. The van der Waals surface area contributed by atoms with Crippen molar-refractivity contribution < 1.29 is 27.1 Å². The van der Waals surface area contributed by atoms with Crippen LogP contribution in [0.2, 0.25) is 0 Å². The second-order valence-corrected chi connectivity index (χ2v) is 9.67. The summed E-state index contributed by atoms with van der Waals surface area (Å²) in [4.78, 5) is 13.5. The lowest BCUT2D eigenvalue weighted by molar-refractivity contribution is -0.139. The third kappa shape index (κ3) is 5.70. The molecule has 5 nitrogen and oxygen atoms in total. The van der Waals surface area contributed by atoms with Crippen molar-refractivity contribution in [2.24, 2.45) is 0 Å². The van der Waals surface area contributed by atoms with Crippen molar-refractivity contribution in [3.8, 4) is 0 Å². The number of amides is 1. The molecule has 2 unspecified atom stereocenters. The lowest BCUT2D eigenvalue weighted by atomic mass is 10.0. The van der Waals surface area contributed by atoms with Gasteiger partial charge in [0, 0.05) is 27.4 Å². The highest BCUT2D eigenvalue weighted by molar-refractivity contribution is 14.1. The van der Waals surface area contributed by atoms with Crippen LogP contribution in [0.25, 0.3) is 10.9 Å². The number of benzene rings is 1. The third-order valence-corrected chi connectivity index (χ3v) is 5.36. The number of likely N-dealkylation sites (tertiary alicyclic amines) is 1. The molecule has 1 aromatic carbocycles. The predicted molar refractivity (Wildman–Crippen MR) is 115 cm³/mol. The maximum atomic E-state index is 14.8. The first-order chi connectivity index (χ1) is 13.8. The predicted octanol–water partition coefficient (Wildman–Crippen LogP) is 5.57. The minimum atomic E-state index is -4.33. The van der Waals surface area contributed by atoms with Gasteiger partial charge in [0.1, 0.15) is 18.3 Å². The summed E-state index contributed by atoms with van der Waals surface area (Å²) in [6, 6.07) is 4.50. The number of rotatable bonds is 3. The second kappa shape index (κ2) is 8.43. The molecule has 0 spiro atoms. The molecule has 1 aromatic heterocycles. The van der Waals surface area contributed by atoms with Crippen LogP contribution in [0.15, 0.2) is 24.4 Å². The zero-order valence-corrected chi connectivity index (χ0v) is 19.1. The number of nitrogens with zero attached hydrogens (tertiary/aromatic N) is 2. The summed E-state index contributed by atoms with van der Waals surface area (Å²) in [6.07, 6.45) is -4.48. The Balaban J connectivity index is 1.75. The van der Waals surface area contributed by atoms with E-state index in [1.807, 2.05) is 22.6 Å². The lowest BCUT2D eigenvalue weighted by Crippen LogP contribution is -2.51. The second-order valence-electron chi connectivity index (χ2n) is 8.43. The minimum absolute atomic E-state index is 0.102. The number of hydrogen-bond acceptors (Lipinski definition) is 3. The van der Waals surface area contributed by atoms with Crippen LogP contribution in [0, 0.1) is 3.57 Å². The van der Waals surface area contributed by atoms with Crippen LogP contribution >= 0.6 is 22.6 Å². The largest absolute Gasteiger partial charge is 0.444 e. The number of piperidine rings is 1. The van der Waals surface area contributed by atoms with E-state index in [9.17, 15) is 22.4 Å². The van der Waals surface area contributed by atoms with Crippen LogP contribution in [-0.2, 0) is 11.3 Å². The number of hydrogen-bond donors (Lipinski definition) is 1. The molecule has 2 heterocycles. The fourth-order valence-corrected chi connectivity index (χ4v) is 4.08. The number of anilines is 1. The minimum Gasteiger partial charge on any atom is -0.444 e. The standard InChI is InChI=1S/C20H24F4IN3O2/c1-19(2,3)30-18(29)27-7-5-15(14(21)10-27)26-16-8-12(25)9-17-13(16)4-6-28(17)11-20(22,23)24/h4,6,8-9,14-15,26H,5,7,10-11H2,1-3H3. The summed E-state index contributed by atoms with van der Waals surface area (Å²) in [6.45, 7) is 4.39. The molecular weight excluding hydrogens is 517 g/mol. The van der Waals surface area contributed by atoms with Crippen LogP contribution in [0.1, 0.15) is 27.2 Å². The van der Waals surface area contributed by atoms with E-state index >= 15 is 0 Å². The Morgan fingerprint density at radius 1 is 1.30 bits per heavy atom. The smallest absolute Gasteiger partial charge is 0.410 e. The molecule has 166 valence electrons. The topological polar surface area (TPSA) is 46.5 Å². The average Bonchev–Trinajstić information content (AvgIpc) is 2.96. The molecule has 1 saturated heterocycles. The van der Waals surface area contributed by atoms with Crippen LogP contribution < -0.4 is 5.32 Å². The molecule has 2 atom stereocenters. The van der Waals surface area contributed by atoms with Gasteiger partial charge in [-0.05, 0) is 68.0 Å². The summed E-state index contributed by atoms with van der Waals surface area (Å²) >= 11 is 2.03. The highest BCUT2D eigenvalue weighted by atomic mass is 127. The normalized spacial score (nSPS) is 20.5. The van der Waals surface area contributed by atoms with E-state index < -0.39 is 36.6 Å². The summed E-state index contributed by atoms with van der Waals surface area (Å²) in [5.41, 5.74) is 0.355. The first kappa shape index (κ1) is 23.0. The van der Waals surface area contributed by atoms with Gasteiger partial charge in [0.25, 0.3) is 0 Å². The van der Waals surface area contributed by atoms with Gasteiger partial charge in [-0.1, -0.05) is 0 Å². The van der Waals surface area contributed by atoms with Gasteiger partial charge in [0.2, 0.25) is 0 Å². The van der Waals surface area contributed by atoms with E-state index in [4.69, 9.17) is 4.74 Å². The van der Waals surface area contributed by atoms with Gasteiger partial charge in [-0.2, -0.15) is 13.2 Å². The van der Waals surface area contributed by atoms with E-state index in [0.717, 1.165) is 8.14 Å². The van der Waals surface area contributed by atoms with E-state index in [0.29, 0.717) is 29.6 Å². The molecule has 1 amide bonds. The van der Waals surface area contributed by atoms with Crippen LogP contribution in [0.3, 0.4) is 0 Å². The molecule has 1 aliphatic rings. The molecule has 1 N–H and O–H groups in total. The zero-order valence-electron chi connectivity index (χ0n) is 16.9. The van der Waals surface area contributed by atoms with Crippen molar-refractivity contribution in [2.75, 3.05) is 18.4 Å². The fourth-order valence-electron chi connectivity index (χ4n) is 3.47.